The Morgan fingerprint density at radius 3 is 3.33 bits per heavy atom. The van der Waals surface area contributed by atoms with Crippen molar-refractivity contribution in [1.29, 1.82) is 0 Å². The molecular formula is C8H10N2O2. The van der Waals surface area contributed by atoms with Crippen LogP contribution in [0, 0.1) is 0 Å². The van der Waals surface area contributed by atoms with Crippen LogP contribution in [-0.4, -0.2) is 28.7 Å². The van der Waals surface area contributed by atoms with Crippen LogP contribution in [-0.2, 0) is 4.79 Å². The maximum absolute atomic E-state index is 10.6. The number of hydrazine groups is 1. The summed E-state index contributed by atoms with van der Waals surface area (Å²) in [6, 6.07) is 0.223. The first-order valence-electron chi connectivity index (χ1n) is 3.92. The first kappa shape index (κ1) is 7.36. The van der Waals surface area contributed by atoms with E-state index in [1.54, 1.807) is 18.4 Å². The van der Waals surface area contributed by atoms with Crippen LogP contribution < -0.4 is 5.43 Å². The molecule has 0 bridgehead atoms. The van der Waals surface area contributed by atoms with Gasteiger partial charge in [0.2, 0.25) is 0 Å². The van der Waals surface area contributed by atoms with E-state index >= 15 is 0 Å². The highest BCUT2D eigenvalue weighted by molar-refractivity contribution is 5.90. The molecule has 4 heteroatoms. The van der Waals surface area contributed by atoms with Gasteiger partial charge >= 0.3 is 5.97 Å². The Hall–Kier alpha value is -1.29. The van der Waals surface area contributed by atoms with Crippen LogP contribution >= 0.6 is 0 Å². The molecule has 0 aromatic carbocycles. The fraction of sp³-hybridized carbons (Fsp3) is 0.375. The average molecular weight is 166 g/mol. The van der Waals surface area contributed by atoms with Crippen LogP contribution in [0.2, 0.25) is 0 Å². The van der Waals surface area contributed by atoms with Crippen LogP contribution in [0.25, 0.3) is 0 Å². The van der Waals surface area contributed by atoms with Crippen LogP contribution in [0.15, 0.2) is 23.9 Å². The normalized spacial score (nSPS) is 26.8. The molecule has 0 saturated carbocycles. The summed E-state index contributed by atoms with van der Waals surface area (Å²) in [5, 5.41) is 10.6. The molecule has 0 aromatic rings. The van der Waals surface area contributed by atoms with E-state index in [1.807, 2.05) is 5.01 Å². The number of carbonyl (C=O) groups is 1. The number of hydrogen-bond acceptors (Lipinski definition) is 3. The zero-order chi connectivity index (χ0) is 8.55. The maximum Gasteiger partial charge on any atom is 0.335 e. The quantitative estimate of drug-likeness (QED) is 0.580. The molecule has 1 atom stereocenters. The molecule has 0 amide bonds. The zero-order valence-electron chi connectivity index (χ0n) is 6.53. The summed E-state index contributed by atoms with van der Waals surface area (Å²) in [6.07, 6.45) is 6.14. The van der Waals surface area contributed by atoms with Gasteiger partial charge in [0.25, 0.3) is 0 Å². The number of nitrogens with zero attached hydrogens (tertiary/aromatic N) is 1. The summed E-state index contributed by atoms with van der Waals surface area (Å²) in [5.74, 6) is -0.849. The van der Waals surface area contributed by atoms with Gasteiger partial charge < -0.3 is 10.1 Å². The molecular weight excluding hydrogens is 156 g/mol. The number of fused-ring (bicyclic) bond motifs is 1. The van der Waals surface area contributed by atoms with Crippen LogP contribution in [0.5, 0.6) is 0 Å². The summed E-state index contributed by atoms with van der Waals surface area (Å²) in [7, 11) is 0. The van der Waals surface area contributed by atoms with Crippen molar-refractivity contribution in [3.63, 3.8) is 0 Å². The van der Waals surface area contributed by atoms with E-state index in [0.717, 1.165) is 13.0 Å². The van der Waals surface area contributed by atoms with Crippen molar-refractivity contribution in [2.24, 2.45) is 0 Å². The molecule has 0 radical (unpaired) electrons. The van der Waals surface area contributed by atoms with E-state index in [4.69, 9.17) is 5.11 Å². The summed E-state index contributed by atoms with van der Waals surface area (Å²) >= 11 is 0. The van der Waals surface area contributed by atoms with Gasteiger partial charge in [-0.15, -0.1) is 0 Å². The molecule has 2 rings (SSSR count). The van der Waals surface area contributed by atoms with Crippen LogP contribution in [0.1, 0.15) is 6.42 Å². The second-order valence-corrected chi connectivity index (χ2v) is 2.91. The van der Waals surface area contributed by atoms with Gasteiger partial charge in [0.1, 0.15) is 0 Å². The Labute approximate surface area is 70.1 Å². The highest BCUT2D eigenvalue weighted by atomic mass is 16.4. The molecule has 64 valence electrons. The molecule has 2 aliphatic heterocycles. The molecule has 1 unspecified atom stereocenters. The van der Waals surface area contributed by atoms with Crippen molar-refractivity contribution in [1.82, 2.24) is 10.4 Å². The van der Waals surface area contributed by atoms with Gasteiger partial charge in [-0.2, -0.15) is 0 Å². The highest BCUT2D eigenvalue weighted by Gasteiger charge is 2.23. The van der Waals surface area contributed by atoms with Crippen molar-refractivity contribution in [2.45, 2.75) is 12.5 Å². The van der Waals surface area contributed by atoms with E-state index in [0.29, 0.717) is 5.57 Å². The molecule has 2 heterocycles. The third-order valence-electron chi connectivity index (χ3n) is 2.13. The van der Waals surface area contributed by atoms with Crippen molar-refractivity contribution in [3.8, 4) is 0 Å². The molecule has 0 aromatic heterocycles. The van der Waals surface area contributed by atoms with Gasteiger partial charge in [-0.3, -0.25) is 0 Å². The number of aliphatic carboxylic acids is 1. The lowest BCUT2D eigenvalue weighted by molar-refractivity contribution is -0.132. The van der Waals surface area contributed by atoms with Gasteiger partial charge in [0, 0.05) is 12.7 Å². The zero-order valence-corrected chi connectivity index (χ0v) is 6.53. The van der Waals surface area contributed by atoms with Gasteiger partial charge in [-0.1, -0.05) is 0 Å². The summed E-state index contributed by atoms with van der Waals surface area (Å²) in [5.41, 5.74) is 3.52. The Bertz CT molecular complexity index is 270. The number of nitrogens with one attached hydrogen (secondary N) is 1. The van der Waals surface area contributed by atoms with Crippen LogP contribution in [0.3, 0.4) is 0 Å². The van der Waals surface area contributed by atoms with Gasteiger partial charge in [-0.25, -0.2) is 10.2 Å². The van der Waals surface area contributed by atoms with Crippen molar-refractivity contribution in [2.75, 3.05) is 6.54 Å². The first-order chi connectivity index (χ1) is 5.77. The Kier molecular flexibility index (Phi) is 1.62. The summed E-state index contributed by atoms with van der Waals surface area (Å²) < 4.78 is 0. The smallest absolute Gasteiger partial charge is 0.335 e. The molecule has 1 fully saturated rings. The van der Waals surface area contributed by atoms with E-state index < -0.39 is 5.97 Å². The minimum atomic E-state index is -0.849. The minimum Gasteiger partial charge on any atom is -0.478 e. The molecule has 2 N–H and O–H groups in total. The Balaban J connectivity index is 2.20. The SMILES string of the molecule is O=C(O)C1=CC2CCNN2C=C1. The molecule has 4 nitrogen and oxygen atoms in total. The number of rotatable bonds is 1. The lowest BCUT2D eigenvalue weighted by atomic mass is 10.1. The highest BCUT2D eigenvalue weighted by Crippen LogP contribution is 2.18. The first-order valence-corrected chi connectivity index (χ1v) is 3.92. The molecule has 0 spiro atoms. The average Bonchev–Trinajstić information content (AvgIpc) is 2.49. The van der Waals surface area contributed by atoms with E-state index in [2.05, 4.69) is 5.43 Å². The molecule has 0 aliphatic carbocycles. The summed E-state index contributed by atoms with van der Waals surface area (Å²) in [4.78, 5) is 10.6. The standard InChI is InChI=1S/C8H10N2O2/c11-8(12)6-2-4-10-7(5-6)1-3-9-10/h2,4-5,7,9H,1,3H2,(H,11,12). The van der Waals surface area contributed by atoms with Crippen molar-refractivity contribution >= 4 is 5.97 Å². The lowest BCUT2D eigenvalue weighted by Crippen LogP contribution is -2.33. The predicted molar refractivity (Wildman–Crippen MR) is 43.1 cm³/mol. The summed E-state index contributed by atoms with van der Waals surface area (Å²) in [6.45, 7) is 0.915. The van der Waals surface area contributed by atoms with Crippen LogP contribution in [0.4, 0.5) is 0 Å². The Morgan fingerprint density at radius 1 is 1.75 bits per heavy atom. The number of carboxylic acids is 1. The molecule has 1 saturated heterocycles. The van der Waals surface area contributed by atoms with Gasteiger partial charge in [0.15, 0.2) is 0 Å². The van der Waals surface area contributed by atoms with E-state index in [-0.39, 0.29) is 6.04 Å². The predicted octanol–water partition coefficient (Wildman–Crippen LogP) is 0.104. The monoisotopic (exact) mass is 166 g/mol. The second kappa shape index (κ2) is 2.64. The fourth-order valence-electron chi connectivity index (χ4n) is 1.49. The number of hydrogen-bond donors (Lipinski definition) is 2. The third kappa shape index (κ3) is 1.10. The van der Waals surface area contributed by atoms with Gasteiger partial charge in [-0.05, 0) is 18.6 Å². The Morgan fingerprint density at radius 2 is 2.58 bits per heavy atom. The minimum absolute atomic E-state index is 0.223. The third-order valence-corrected chi connectivity index (χ3v) is 2.13. The van der Waals surface area contributed by atoms with E-state index in [1.165, 1.54) is 0 Å². The topological polar surface area (TPSA) is 52.6 Å². The van der Waals surface area contributed by atoms with E-state index in [9.17, 15) is 4.79 Å². The second-order valence-electron chi connectivity index (χ2n) is 2.91. The molecule has 2 aliphatic rings. The van der Waals surface area contributed by atoms with Crippen molar-refractivity contribution in [3.05, 3.63) is 23.9 Å². The van der Waals surface area contributed by atoms with Gasteiger partial charge in [0.05, 0.1) is 11.6 Å². The fourth-order valence-corrected chi connectivity index (χ4v) is 1.49. The lowest BCUT2D eigenvalue weighted by Gasteiger charge is -2.22. The number of carboxylic acid groups (broad SMARTS) is 1. The maximum atomic E-state index is 10.6. The molecule has 12 heavy (non-hydrogen) atoms. The van der Waals surface area contributed by atoms with Crippen molar-refractivity contribution < 1.29 is 9.90 Å². The largest absolute Gasteiger partial charge is 0.478 e.